The molecular weight excluding hydrogens is 236 g/mol. The van der Waals surface area contributed by atoms with Crippen LogP contribution in [0.15, 0.2) is 24.3 Å². The topological polar surface area (TPSA) is 27.1 Å². The molecule has 0 spiro atoms. The summed E-state index contributed by atoms with van der Waals surface area (Å²) >= 11 is 5.96. The predicted octanol–water partition coefficient (Wildman–Crippen LogP) is 2.95. The van der Waals surface area contributed by atoms with Gasteiger partial charge in [0.2, 0.25) is 0 Å². The van der Waals surface area contributed by atoms with Crippen LogP contribution in [-0.4, -0.2) is 22.3 Å². The van der Waals surface area contributed by atoms with E-state index in [-0.39, 0.29) is 0 Å². The summed E-state index contributed by atoms with van der Waals surface area (Å²) in [5.74, 6) is 1.38. The van der Waals surface area contributed by atoms with Crippen molar-refractivity contribution >= 4 is 22.6 Å². The van der Waals surface area contributed by atoms with E-state index < -0.39 is 0 Å². The lowest BCUT2D eigenvalue weighted by atomic mass is 10.2. The first-order chi connectivity index (χ1) is 8.38. The van der Waals surface area contributed by atoms with Crippen LogP contribution in [0.25, 0.3) is 11.0 Å². The van der Waals surface area contributed by atoms with E-state index in [1.807, 2.05) is 18.2 Å². The van der Waals surface area contributed by atoms with E-state index in [4.69, 9.17) is 16.3 Å². The van der Waals surface area contributed by atoms with Crippen molar-refractivity contribution < 1.29 is 4.74 Å². The van der Waals surface area contributed by atoms with Crippen LogP contribution in [0.4, 0.5) is 0 Å². The largest absolute Gasteiger partial charge is 0.376 e. The van der Waals surface area contributed by atoms with E-state index in [2.05, 4.69) is 15.6 Å². The molecule has 0 N–H and O–H groups in total. The van der Waals surface area contributed by atoms with Crippen LogP contribution in [-0.2, 0) is 17.2 Å². The third-order valence-electron chi connectivity index (χ3n) is 3.26. The molecular formula is C13H15ClN2O. The Hall–Kier alpha value is -1.06. The highest BCUT2D eigenvalue weighted by atomic mass is 35.5. The van der Waals surface area contributed by atoms with Crippen molar-refractivity contribution in [2.75, 3.05) is 6.61 Å². The number of aromatic nitrogens is 2. The average Bonchev–Trinajstić information content (AvgIpc) is 2.98. The van der Waals surface area contributed by atoms with Gasteiger partial charge in [0.25, 0.3) is 0 Å². The zero-order chi connectivity index (χ0) is 11.7. The quantitative estimate of drug-likeness (QED) is 0.784. The molecule has 1 aliphatic rings. The van der Waals surface area contributed by atoms with Crippen molar-refractivity contribution in [1.29, 1.82) is 0 Å². The van der Waals surface area contributed by atoms with Gasteiger partial charge in [-0.05, 0) is 25.0 Å². The average molecular weight is 251 g/mol. The van der Waals surface area contributed by atoms with Crippen LogP contribution in [0, 0.1) is 0 Å². The fourth-order valence-electron chi connectivity index (χ4n) is 2.42. The van der Waals surface area contributed by atoms with Crippen LogP contribution >= 0.6 is 11.6 Å². The number of fused-ring (bicyclic) bond motifs is 1. The number of rotatable bonds is 3. The van der Waals surface area contributed by atoms with Gasteiger partial charge < -0.3 is 9.30 Å². The fraction of sp³-hybridized carbons (Fsp3) is 0.462. The molecule has 1 fully saturated rings. The van der Waals surface area contributed by atoms with Gasteiger partial charge in [0.05, 0.1) is 29.6 Å². The van der Waals surface area contributed by atoms with Crippen molar-refractivity contribution in [2.45, 2.75) is 31.4 Å². The highest BCUT2D eigenvalue weighted by molar-refractivity contribution is 6.16. The van der Waals surface area contributed by atoms with Gasteiger partial charge in [-0.2, -0.15) is 0 Å². The molecule has 0 radical (unpaired) electrons. The van der Waals surface area contributed by atoms with Crippen LogP contribution in [0.1, 0.15) is 18.7 Å². The van der Waals surface area contributed by atoms with E-state index >= 15 is 0 Å². The fourth-order valence-corrected chi connectivity index (χ4v) is 2.63. The number of halogens is 1. The van der Waals surface area contributed by atoms with E-state index in [9.17, 15) is 0 Å². The summed E-state index contributed by atoms with van der Waals surface area (Å²) in [6, 6.07) is 8.16. The first-order valence-corrected chi connectivity index (χ1v) is 6.53. The predicted molar refractivity (Wildman–Crippen MR) is 68.3 cm³/mol. The third kappa shape index (κ3) is 2.05. The zero-order valence-corrected chi connectivity index (χ0v) is 10.4. The van der Waals surface area contributed by atoms with Crippen molar-refractivity contribution in [2.24, 2.45) is 0 Å². The maximum Gasteiger partial charge on any atom is 0.124 e. The Bertz CT molecular complexity index is 517. The molecule has 1 unspecified atom stereocenters. The molecule has 3 nitrogen and oxygen atoms in total. The van der Waals surface area contributed by atoms with E-state index in [0.717, 1.165) is 42.9 Å². The maximum atomic E-state index is 5.96. The first-order valence-electron chi connectivity index (χ1n) is 6.00. The van der Waals surface area contributed by atoms with E-state index in [0.29, 0.717) is 12.0 Å². The minimum atomic E-state index is 0.314. The van der Waals surface area contributed by atoms with Crippen LogP contribution in [0.5, 0.6) is 0 Å². The molecule has 0 bridgehead atoms. The molecule has 17 heavy (non-hydrogen) atoms. The van der Waals surface area contributed by atoms with Crippen LogP contribution in [0.2, 0.25) is 0 Å². The summed E-state index contributed by atoms with van der Waals surface area (Å²) in [5.41, 5.74) is 2.17. The number of ether oxygens (including phenoxy) is 1. The number of hydrogen-bond acceptors (Lipinski definition) is 2. The molecule has 1 aliphatic heterocycles. The zero-order valence-electron chi connectivity index (χ0n) is 9.60. The minimum Gasteiger partial charge on any atom is -0.376 e. The van der Waals surface area contributed by atoms with Crippen LogP contribution in [0.3, 0.4) is 0 Å². The van der Waals surface area contributed by atoms with Crippen molar-refractivity contribution in [3.63, 3.8) is 0 Å². The van der Waals surface area contributed by atoms with Gasteiger partial charge in [-0.1, -0.05) is 12.1 Å². The van der Waals surface area contributed by atoms with Gasteiger partial charge in [-0.25, -0.2) is 4.98 Å². The molecule has 1 saturated heterocycles. The Labute approximate surface area is 105 Å². The summed E-state index contributed by atoms with van der Waals surface area (Å²) in [6.07, 6.45) is 2.61. The van der Waals surface area contributed by atoms with Gasteiger partial charge in [0, 0.05) is 6.61 Å². The Morgan fingerprint density at radius 3 is 3.06 bits per heavy atom. The summed E-state index contributed by atoms with van der Waals surface area (Å²) < 4.78 is 7.88. The lowest BCUT2D eigenvalue weighted by molar-refractivity contribution is 0.0974. The molecule has 1 aromatic heterocycles. The van der Waals surface area contributed by atoms with Gasteiger partial charge >= 0.3 is 0 Å². The second kappa shape index (κ2) is 4.67. The molecule has 0 aliphatic carbocycles. The van der Waals surface area contributed by atoms with Gasteiger partial charge in [-0.3, -0.25) is 0 Å². The lowest BCUT2D eigenvalue weighted by Crippen LogP contribution is -2.16. The second-order valence-electron chi connectivity index (χ2n) is 4.40. The standard InChI is InChI=1S/C13H15ClN2O/c14-8-13-15-11-5-1-2-6-12(11)16(13)9-10-4-3-7-17-10/h1-2,5-6,10H,3-4,7-9H2. The molecule has 2 heterocycles. The summed E-state index contributed by atoms with van der Waals surface area (Å²) in [7, 11) is 0. The molecule has 0 saturated carbocycles. The van der Waals surface area contributed by atoms with Crippen molar-refractivity contribution in [3.8, 4) is 0 Å². The minimum absolute atomic E-state index is 0.314. The first kappa shape index (κ1) is 11.1. The number of hydrogen-bond donors (Lipinski definition) is 0. The Balaban J connectivity index is 1.99. The number of imidazole rings is 1. The molecule has 4 heteroatoms. The smallest absolute Gasteiger partial charge is 0.124 e. The van der Waals surface area contributed by atoms with E-state index in [1.54, 1.807) is 0 Å². The normalized spacial score (nSPS) is 20.2. The maximum absolute atomic E-state index is 5.96. The Kier molecular flexibility index (Phi) is 3.04. The summed E-state index contributed by atoms with van der Waals surface area (Å²) in [5, 5.41) is 0. The lowest BCUT2D eigenvalue weighted by Gasteiger charge is -2.13. The van der Waals surface area contributed by atoms with Crippen molar-refractivity contribution in [3.05, 3.63) is 30.1 Å². The second-order valence-corrected chi connectivity index (χ2v) is 4.66. The number of benzene rings is 1. The summed E-state index contributed by atoms with van der Waals surface area (Å²) in [4.78, 5) is 4.55. The van der Waals surface area contributed by atoms with Crippen molar-refractivity contribution in [1.82, 2.24) is 9.55 Å². The van der Waals surface area contributed by atoms with Gasteiger partial charge in [0.1, 0.15) is 5.82 Å². The molecule has 0 amide bonds. The molecule has 3 rings (SSSR count). The van der Waals surface area contributed by atoms with Gasteiger partial charge in [-0.15, -0.1) is 11.6 Å². The van der Waals surface area contributed by atoms with E-state index in [1.165, 1.54) is 0 Å². The molecule has 1 aromatic carbocycles. The van der Waals surface area contributed by atoms with Gasteiger partial charge in [0.15, 0.2) is 0 Å². The SMILES string of the molecule is ClCc1nc2ccccc2n1CC1CCCO1. The third-order valence-corrected chi connectivity index (χ3v) is 3.50. The highest BCUT2D eigenvalue weighted by Crippen LogP contribution is 2.21. The number of para-hydroxylation sites is 2. The highest BCUT2D eigenvalue weighted by Gasteiger charge is 2.19. The number of nitrogens with zero attached hydrogens (tertiary/aromatic N) is 2. The molecule has 90 valence electrons. The van der Waals surface area contributed by atoms with Crippen LogP contribution < -0.4 is 0 Å². The molecule has 1 atom stereocenters. The summed E-state index contributed by atoms with van der Waals surface area (Å²) in [6.45, 7) is 1.75. The Morgan fingerprint density at radius 2 is 2.29 bits per heavy atom. The monoisotopic (exact) mass is 250 g/mol. The Morgan fingerprint density at radius 1 is 1.41 bits per heavy atom. The number of alkyl halides is 1. The molecule has 2 aromatic rings.